The van der Waals surface area contributed by atoms with Crippen LogP contribution in [0.15, 0.2) is 53.6 Å². The number of aromatic nitrogens is 2. The topological polar surface area (TPSA) is 82.2 Å². The van der Waals surface area contributed by atoms with Crippen molar-refractivity contribution in [1.29, 1.82) is 0 Å². The van der Waals surface area contributed by atoms with Gasteiger partial charge in [-0.1, -0.05) is 6.07 Å². The molecule has 0 fully saturated rings. The molecule has 0 aliphatic carbocycles. The third kappa shape index (κ3) is 4.64. The predicted octanol–water partition coefficient (Wildman–Crippen LogP) is 5.26. The van der Waals surface area contributed by atoms with Crippen LogP contribution in [0.5, 0.6) is 11.5 Å². The lowest BCUT2D eigenvalue weighted by atomic mass is 9.95. The van der Waals surface area contributed by atoms with E-state index in [1.807, 2.05) is 0 Å². The first-order valence-electron chi connectivity index (χ1n) is 11.6. The lowest BCUT2D eigenvalue weighted by Gasteiger charge is -2.22. The largest absolute Gasteiger partial charge is 0.462 e. The number of hydrogen-bond acceptors (Lipinski definition) is 5. The highest BCUT2D eigenvalue weighted by Crippen LogP contribution is 2.39. The Hall–Kier alpha value is -3.91. The average molecular weight is 493 g/mol. The molecule has 0 saturated heterocycles. The summed E-state index contributed by atoms with van der Waals surface area (Å²) < 4.78 is 28.4. The summed E-state index contributed by atoms with van der Waals surface area (Å²) in [5.74, 6) is 0.0589. The van der Waals surface area contributed by atoms with E-state index in [1.165, 1.54) is 22.8 Å². The van der Waals surface area contributed by atoms with E-state index in [0.717, 1.165) is 0 Å². The lowest BCUT2D eigenvalue weighted by molar-refractivity contribution is 0.0526. The van der Waals surface area contributed by atoms with Crippen molar-refractivity contribution in [3.8, 4) is 22.8 Å². The van der Waals surface area contributed by atoms with E-state index in [9.17, 15) is 19.1 Å². The third-order valence-electron chi connectivity index (χ3n) is 6.05. The van der Waals surface area contributed by atoms with E-state index < -0.39 is 11.6 Å². The zero-order valence-electron chi connectivity index (χ0n) is 21.2. The molecule has 0 spiro atoms. The van der Waals surface area contributed by atoms with Crippen LogP contribution in [0.2, 0.25) is 0 Å². The molecule has 4 aromatic rings. The van der Waals surface area contributed by atoms with Crippen molar-refractivity contribution in [2.24, 2.45) is 7.05 Å². The molecule has 0 aliphatic rings. The zero-order chi connectivity index (χ0) is 26.4. The molecule has 0 bridgehead atoms. The van der Waals surface area contributed by atoms with Crippen LogP contribution in [0.25, 0.3) is 16.8 Å². The van der Waals surface area contributed by atoms with Gasteiger partial charge in [-0.25, -0.2) is 9.18 Å². The highest BCUT2D eigenvalue weighted by atomic mass is 19.1. The molecule has 0 aliphatic heterocycles. The Morgan fingerprint density at radius 3 is 2.36 bits per heavy atom. The Kier molecular flexibility index (Phi) is 6.49. The van der Waals surface area contributed by atoms with Crippen molar-refractivity contribution in [2.75, 3.05) is 6.61 Å². The van der Waals surface area contributed by atoms with Crippen LogP contribution in [0.3, 0.4) is 0 Å². The molecule has 188 valence electrons. The average Bonchev–Trinajstić information content (AvgIpc) is 3.24. The molecule has 1 N–H and O–H groups in total. The van der Waals surface area contributed by atoms with Crippen molar-refractivity contribution in [1.82, 2.24) is 8.97 Å². The smallest absolute Gasteiger partial charge is 0.339 e. The summed E-state index contributed by atoms with van der Waals surface area (Å²) in [6.07, 6.45) is 3.20. The molecular formula is C28H29FN2O5. The SMILES string of the molecule is CCOC(=O)c1cc2c(=O)n(C)cc(-c3cc(C(C)(C)O)ccc3Oc3c(C)cc(F)cc3C)n2c1. The number of benzene rings is 2. The van der Waals surface area contributed by atoms with Crippen molar-refractivity contribution in [2.45, 2.75) is 40.2 Å². The van der Waals surface area contributed by atoms with Gasteiger partial charge in [0.05, 0.1) is 23.5 Å². The van der Waals surface area contributed by atoms with Gasteiger partial charge in [0.2, 0.25) is 0 Å². The summed E-state index contributed by atoms with van der Waals surface area (Å²) in [5.41, 5.74) is 2.09. The second-order valence-electron chi connectivity index (χ2n) is 9.38. The number of fused-ring (bicyclic) bond motifs is 1. The van der Waals surface area contributed by atoms with Crippen molar-refractivity contribution >= 4 is 11.5 Å². The van der Waals surface area contributed by atoms with Crippen molar-refractivity contribution in [3.63, 3.8) is 0 Å². The molecule has 2 heterocycles. The van der Waals surface area contributed by atoms with Gasteiger partial charge in [0.15, 0.2) is 0 Å². The van der Waals surface area contributed by atoms with Gasteiger partial charge >= 0.3 is 5.97 Å². The monoisotopic (exact) mass is 492 g/mol. The van der Waals surface area contributed by atoms with Crippen LogP contribution in [0, 0.1) is 19.7 Å². The highest BCUT2D eigenvalue weighted by molar-refractivity contribution is 5.91. The summed E-state index contributed by atoms with van der Waals surface area (Å²) in [6, 6.07) is 9.57. The number of nitrogens with zero attached hydrogens (tertiary/aromatic N) is 2. The van der Waals surface area contributed by atoms with E-state index in [2.05, 4.69) is 0 Å². The molecule has 0 radical (unpaired) electrons. The van der Waals surface area contributed by atoms with Crippen LogP contribution >= 0.6 is 0 Å². The predicted molar refractivity (Wildman–Crippen MR) is 135 cm³/mol. The van der Waals surface area contributed by atoms with Gasteiger partial charge < -0.3 is 23.5 Å². The van der Waals surface area contributed by atoms with Crippen LogP contribution in [0.1, 0.15) is 47.8 Å². The maximum atomic E-state index is 13.9. The lowest BCUT2D eigenvalue weighted by Crippen LogP contribution is -2.19. The number of aryl methyl sites for hydroxylation is 3. The standard InChI is InChI=1S/C28H29FN2O5/c1-7-35-27(33)18-12-22-26(32)30(6)15-23(31(22)14-18)21-13-19(28(4,5)34)8-9-24(21)36-25-16(2)10-20(29)11-17(25)3/h8-15,34H,7H2,1-6H3. The summed E-state index contributed by atoms with van der Waals surface area (Å²) >= 11 is 0. The maximum Gasteiger partial charge on any atom is 0.339 e. The fraction of sp³-hybridized carbons (Fsp3) is 0.286. The molecule has 2 aromatic heterocycles. The quantitative estimate of drug-likeness (QED) is 0.372. The van der Waals surface area contributed by atoms with Crippen LogP contribution in [-0.2, 0) is 17.4 Å². The third-order valence-corrected chi connectivity index (χ3v) is 6.05. The van der Waals surface area contributed by atoms with E-state index in [4.69, 9.17) is 9.47 Å². The van der Waals surface area contributed by atoms with E-state index >= 15 is 0 Å². The summed E-state index contributed by atoms with van der Waals surface area (Å²) in [7, 11) is 1.62. The second-order valence-corrected chi connectivity index (χ2v) is 9.38. The number of rotatable bonds is 6. The Morgan fingerprint density at radius 1 is 1.08 bits per heavy atom. The molecule has 0 atom stereocenters. The van der Waals surface area contributed by atoms with Gasteiger partial charge in [0.1, 0.15) is 22.8 Å². The molecule has 0 unspecified atom stereocenters. The first-order valence-corrected chi connectivity index (χ1v) is 11.6. The Bertz CT molecular complexity index is 1520. The molecule has 0 amide bonds. The number of carbonyl (C=O) groups is 1. The van der Waals surface area contributed by atoms with Crippen molar-refractivity contribution in [3.05, 3.63) is 87.2 Å². The molecule has 4 rings (SSSR count). The Balaban J connectivity index is 2.00. The molecule has 0 saturated carbocycles. The minimum atomic E-state index is -1.15. The molecule has 8 heteroatoms. The summed E-state index contributed by atoms with van der Waals surface area (Å²) in [5, 5.41) is 10.7. The molecule has 2 aromatic carbocycles. The zero-order valence-corrected chi connectivity index (χ0v) is 21.2. The van der Waals surface area contributed by atoms with Crippen LogP contribution < -0.4 is 10.3 Å². The number of halogens is 1. The van der Waals surface area contributed by atoms with Gasteiger partial charge in [-0.05, 0) is 81.6 Å². The first-order chi connectivity index (χ1) is 16.9. The van der Waals surface area contributed by atoms with E-state index in [1.54, 1.807) is 76.7 Å². The fourth-order valence-electron chi connectivity index (χ4n) is 4.21. The normalized spacial score (nSPS) is 11.7. The Morgan fingerprint density at radius 2 is 1.75 bits per heavy atom. The van der Waals surface area contributed by atoms with Gasteiger partial charge in [0, 0.05) is 25.0 Å². The number of hydrogen-bond donors (Lipinski definition) is 1. The van der Waals surface area contributed by atoms with Gasteiger partial charge in [-0.3, -0.25) is 4.79 Å². The van der Waals surface area contributed by atoms with Crippen molar-refractivity contribution < 1.29 is 23.8 Å². The number of carbonyl (C=O) groups excluding carboxylic acids is 1. The molecule has 7 nitrogen and oxygen atoms in total. The fourth-order valence-corrected chi connectivity index (χ4v) is 4.21. The van der Waals surface area contributed by atoms with Gasteiger partial charge in [-0.2, -0.15) is 0 Å². The second kappa shape index (κ2) is 9.28. The Labute approximate surface area is 208 Å². The number of ether oxygens (including phenoxy) is 2. The highest BCUT2D eigenvalue weighted by Gasteiger charge is 2.23. The van der Waals surface area contributed by atoms with E-state index in [-0.39, 0.29) is 29.1 Å². The number of esters is 1. The van der Waals surface area contributed by atoms with E-state index in [0.29, 0.717) is 39.4 Å². The van der Waals surface area contributed by atoms with Gasteiger partial charge in [-0.15, -0.1) is 0 Å². The minimum Gasteiger partial charge on any atom is -0.462 e. The van der Waals surface area contributed by atoms with Crippen LogP contribution in [-0.4, -0.2) is 26.7 Å². The summed E-state index contributed by atoms with van der Waals surface area (Å²) in [6.45, 7) is 8.79. The van der Waals surface area contributed by atoms with Crippen LogP contribution in [0.4, 0.5) is 4.39 Å². The maximum absolute atomic E-state index is 13.9. The molecular weight excluding hydrogens is 463 g/mol. The minimum absolute atomic E-state index is 0.206. The number of aliphatic hydroxyl groups is 1. The van der Waals surface area contributed by atoms with Gasteiger partial charge in [0.25, 0.3) is 5.56 Å². The molecule has 36 heavy (non-hydrogen) atoms. The first kappa shape index (κ1) is 25.2. The summed E-state index contributed by atoms with van der Waals surface area (Å²) in [4.78, 5) is 25.3.